The van der Waals surface area contributed by atoms with Gasteiger partial charge in [0, 0.05) is 22.1 Å². The molecule has 1 heterocycles. The van der Waals surface area contributed by atoms with E-state index in [9.17, 15) is 14.4 Å². The van der Waals surface area contributed by atoms with Crippen molar-refractivity contribution in [1.82, 2.24) is 5.16 Å². The fourth-order valence-electron chi connectivity index (χ4n) is 5.23. The number of anilines is 1. The van der Waals surface area contributed by atoms with Crippen molar-refractivity contribution in [3.63, 3.8) is 0 Å². The van der Waals surface area contributed by atoms with Crippen molar-refractivity contribution in [3.05, 3.63) is 64.8 Å². The average molecular weight is 627 g/mol. The zero-order valence-electron chi connectivity index (χ0n) is 25.9. The Labute approximate surface area is 262 Å². The number of aromatic nitrogens is 1. The molecule has 11 heteroatoms. The molecule has 0 spiro atoms. The molecule has 1 saturated carbocycles. The minimum absolute atomic E-state index is 0.0703. The number of esters is 1. The number of methoxy groups -OCH3 is 1. The fraction of sp³-hybridized carbons (Fsp3) is 0.455. The van der Waals surface area contributed by atoms with Crippen molar-refractivity contribution in [2.45, 2.75) is 72.0 Å². The van der Waals surface area contributed by atoms with Gasteiger partial charge >= 0.3 is 18.2 Å². The number of halogens is 1. The minimum Gasteiger partial charge on any atom is -0.493 e. The smallest absolute Gasteiger partial charge is 0.424 e. The highest BCUT2D eigenvalue weighted by Crippen LogP contribution is 2.37. The monoisotopic (exact) mass is 626 g/mol. The Bertz CT molecular complexity index is 1460. The molecule has 3 aromatic rings. The molecule has 0 N–H and O–H groups in total. The van der Waals surface area contributed by atoms with E-state index in [4.69, 9.17) is 35.1 Å². The maximum absolute atomic E-state index is 13.6. The summed E-state index contributed by atoms with van der Waals surface area (Å²) in [7, 11) is 1.41. The quantitative estimate of drug-likeness (QED) is 0.180. The first-order valence-electron chi connectivity index (χ1n) is 14.6. The Hall–Kier alpha value is -4.05. The molecule has 0 saturated heterocycles. The summed E-state index contributed by atoms with van der Waals surface area (Å²) in [6.45, 7) is 8.75. The molecular weight excluding hydrogens is 588 g/mol. The Balaban J connectivity index is 1.58. The maximum atomic E-state index is 13.6. The lowest BCUT2D eigenvalue weighted by atomic mass is 9.80. The summed E-state index contributed by atoms with van der Waals surface area (Å²) in [4.78, 5) is 40.1. The lowest BCUT2D eigenvalue weighted by molar-refractivity contribution is -0.149. The number of nitrogens with zero attached hydrogens (tertiary/aromatic N) is 2. The molecule has 1 fully saturated rings. The van der Waals surface area contributed by atoms with Gasteiger partial charge in [0.05, 0.1) is 19.6 Å². The molecule has 2 unspecified atom stereocenters. The van der Waals surface area contributed by atoms with Gasteiger partial charge in [-0.05, 0) is 77.8 Å². The Morgan fingerprint density at radius 2 is 1.73 bits per heavy atom. The van der Waals surface area contributed by atoms with Crippen LogP contribution in [0.5, 0.6) is 5.75 Å². The number of rotatable bonds is 8. The number of benzene rings is 2. The van der Waals surface area contributed by atoms with Crippen LogP contribution in [0.2, 0.25) is 5.02 Å². The number of aryl methyl sites for hydroxylation is 1. The van der Waals surface area contributed by atoms with E-state index in [1.54, 1.807) is 83.1 Å². The first kappa shape index (κ1) is 32.9. The molecule has 1 aliphatic carbocycles. The molecule has 10 nitrogen and oxygen atoms in total. The highest BCUT2D eigenvalue weighted by molar-refractivity contribution is 6.31. The molecule has 236 valence electrons. The van der Waals surface area contributed by atoms with Crippen molar-refractivity contribution in [2.75, 3.05) is 18.6 Å². The van der Waals surface area contributed by atoms with Gasteiger partial charge in [-0.15, -0.1) is 0 Å². The number of amides is 2. The molecule has 1 aromatic heterocycles. The third-order valence-electron chi connectivity index (χ3n) is 7.43. The third-order valence-corrected chi connectivity index (χ3v) is 7.77. The number of hydrogen-bond acceptors (Lipinski definition) is 9. The first-order chi connectivity index (χ1) is 20.9. The Morgan fingerprint density at radius 1 is 1.05 bits per heavy atom. The van der Waals surface area contributed by atoms with E-state index in [1.807, 2.05) is 0 Å². The second-order valence-corrected chi connectivity index (χ2v) is 12.2. The van der Waals surface area contributed by atoms with Crippen molar-refractivity contribution < 1.29 is 37.9 Å². The van der Waals surface area contributed by atoms with E-state index < -0.39 is 23.9 Å². The summed E-state index contributed by atoms with van der Waals surface area (Å²) in [5.74, 6) is 0.460. The van der Waals surface area contributed by atoms with E-state index in [0.717, 1.165) is 30.6 Å². The number of carbonyl (C=O) groups excluding carboxylic acids is 3. The summed E-state index contributed by atoms with van der Waals surface area (Å²) in [6, 6.07) is 14.0. The van der Waals surface area contributed by atoms with Crippen LogP contribution in [0.4, 0.5) is 15.3 Å². The number of hydrogen-bond donors (Lipinski definition) is 0. The standard InChI is InChI=1S/C33H39ClN2O8/c1-20-28(36(32(39)43-33(3,4)5)31(38)42-21(2)25-12-9-10-14-27(25)34)29(44-35-20)22-15-17-24(18-16-22)41-19-23-11-7-8-13-26(23)30(37)40-6/h9-10,12,14-18,21,23,26H,7-8,11,13,19H2,1-6H3/t21-,23?,26?/m1/s1. The van der Waals surface area contributed by atoms with Gasteiger partial charge in [0.25, 0.3) is 0 Å². The average Bonchev–Trinajstić information content (AvgIpc) is 3.35. The zero-order valence-corrected chi connectivity index (χ0v) is 26.7. The topological polar surface area (TPSA) is 117 Å². The summed E-state index contributed by atoms with van der Waals surface area (Å²) in [6.07, 6.45) is 1.02. The third kappa shape index (κ3) is 7.91. The van der Waals surface area contributed by atoms with E-state index >= 15 is 0 Å². The molecule has 44 heavy (non-hydrogen) atoms. The highest BCUT2D eigenvalue weighted by atomic mass is 35.5. The van der Waals surface area contributed by atoms with Gasteiger partial charge in [-0.25, -0.2) is 9.59 Å². The predicted molar refractivity (Wildman–Crippen MR) is 165 cm³/mol. The van der Waals surface area contributed by atoms with Crippen molar-refractivity contribution >= 4 is 35.4 Å². The van der Waals surface area contributed by atoms with Crippen LogP contribution in [0.3, 0.4) is 0 Å². The predicted octanol–water partition coefficient (Wildman–Crippen LogP) is 8.30. The van der Waals surface area contributed by atoms with Gasteiger partial charge < -0.3 is 23.5 Å². The molecular formula is C33H39ClN2O8. The Kier molecular flexibility index (Phi) is 10.6. The molecule has 0 aliphatic heterocycles. The van der Waals surface area contributed by atoms with Crippen LogP contribution in [0.25, 0.3) is 11.3 Å². The normalized spacial score (nSPS) is 17.3. The van der Waals surface area contributed by atoms with Crippen molar-refractivity contribution in [1.29, 1.82) is 0 Å². The van der Waals surface area contributed by atoms with Gasteiger partial charge in [0.1, 0.15) is 28.8 Å². The molecule has 2 amide bonds. The van der Waals surface area contributed by atoms with Crippen LogP contribution < -0.4 is 9.64 Å². The summed E-state index contributed by atoms with van der Waals surface area (Å²) in [5, 5.41) is 4.47. The van der Waals surface area contributed by atoms with Crippen LogP contribution in [-0.4, -0.2) is 42.6 Å². The van der Waals surface area contributed by atoms with E-state index in [-0.39, 0.29) is 34.9 Å². The van der Waals surface area contributed by atoms with Crippen molar-refractivity contribution in [3.8, 4) is 17.1 Å². The summed E-state index contributed by atoms with van der Waals surface area (Å²) < 4.78 is 28.0. The molecule has 2 aromatic carbocycles. The second kappa shape index (κ2) is 14.2. The summed E-state index contributed by atoms with van der Waals surface area (Å²) in [5.41, 5.74) is 0.584. The van der Waals surface area contributed by atoms with Crippen molar-refractivity contribution in [2.24, 2.45) is 11.8 Å². The van der Waals surface area contributed by atoms with Crippen LogP contribution in [0.1, 0.15) is 70.7 Å². The lowest BCUT2D eigenvalue weighted by Gasteiger charge is -2.29. The Morgan fingerprint density at radius 3 is 2.39 bits per heavy atom. The maximum Gasteiger partial charge on any atom is 0.424 e. The van der Waals surface area contributed by atoms with Crippen LogP contribution in [-0.2, 0) is 19.0 Å². The second-order valence-electron chi connectivity index (χ2n) is 11.8. The summed E-state index contributed by atoms with van der Waals surface area (Å²) >= 11 is 6.32. The largest absolute Gasteiger partial charge is 0.493 e. The highest BCUT2D eigenvalue weighted by Gasteiger charge is 2.37. The van der Waals surface area contributed by atoms with Crippen LogP contribution in [0.15, 0.2) is 53.1 Å². The van der Waals surface area contributed by atoms with Gasteiger partial charge in [-0.2, -0.15) is 4.90 Å². The fourth-order valence-corrected chi connectivity index (χ4v) is 5.52. The van der Waals surface area contributed by atoms with Gasteiger partial charge in [-0.1, -0.05) is 47.8 Å². The molecule has 1 aliphatic rings. The minimum atomic E-state index is -0.980. The lowest BCUT2D eigenvalue weighted by Crippen LogP contribution is -2.42. The molecule has 0 radical (unpaired) electrons. The van der Waals surface area contributed by atoms with Crippen LogP contribution in [0, 0.1) is 18.8 Å². The number of imide groups is 1. The van der Waals surface area contributed by atoms with E-state index in [2.05, 4.69) is 5.16 Å². The zero-order chi connectivity index (χ0) is 32.0. The van der Waals surface area contributed by atoms with E-state index in [0.29, 0.717) is 28.5 Å². The van der Waals surface area contributed by atoms with Gasteiger partial charge in [-0.3, -0.25) is 4.79 Å². The van der Waals surface area contributed by atoms with Crippen LogP contribution >= 0.6 is 11.6 Å². The molecule has 0 bridgehead atoms. The van der Waals surface area contributed by atoms with Gasteiger partial charge in [0.15, 0.2) is 5.76 Å². The molecule has 3 atom stereocenters. The molecule has 4 rings (SSSR count). The number of ether oxygens (including phenoxy) is 4. The van der Waals surface area contributed by atoms with Gasteiger partial charge in [0.2, 0.25) is 0 Å². The van der Waals surface area contributed by atoms with E-state index in [1.165, 1.54) is 7.11 Å². The number of carbonyl (C=O) groups is 3. The first-order valence-corrected chi connectivity index (χ1v) is 15.0. The SMILES string of the molecule is COC(=O)C1CCCCC1COc1ccc(-c2onc(C)c2N(C(=O)O[C@H](C)c2ccccc2Cl)C(=O)OC(C)(C)C)cc1.